The van der Waals surface area contributed by atoms with Crippen molar-refractivity contribution in [3.8, 4) is 0 Å². The minimum absolute atomic E-state index is 0.0568. The minimum Gasteiger partial charge on any atom is -0.355 e. The maximum Gasteiger partial charge on any atom is 0.277 e. The van der Waals surface area contributed by atoms with Gasteiger partial charge in [-0.3, -0.25) is 9.79 Å². The number of fused-ring (bicyclic) bond motifs is 1. The molecule has 29 heavy (non-hydrogen) atoms. The van der Waals surface area contributed by atoms with E-state index in [1.165, 1.54) is 0 Å². The lowest BCUT2D eigenvalue weighted by molar-refractivity contribution is -0.111. The number of pyridine rings is 1. The molecule has 148 valence electrons. The van der Waals surface area contributed by atoms with Gasteiger partial charge >= 0.3 is 0 Å². The van der Waals surface area contributed by atoms with Gasteiger partial charge in [0.2, 0.25) is 0 Å². The molecule has 4 heterocycles. The van der Waals surface area contributed by atoms with Crippen LogP contribution in [0.25, 0.3) is 0 Å². The molecular formula is C22H22ClN5O. The Hall–Kier alpha value is -2.70. The van der Waals surface area contributed by atoms with E-state index in [1.807, 2.05) is 43.4 Å². The maximum absolute atomic E-state index is 12.9. The lowest BCUT2D eigenvalue weighted by Gasteiger charge is -2.20. The summed E-state index contributed by atoms with van der Waals surface area (Å²) in [6, 6.07) is 12.0. The summed E-state index contributed by atoms with van der Waals surface area (Å²) < 4.78 is 0. The van der Waals surface area contributed by atoms with Crippen LogP contribution in [0.3, 0.4) is 0 Å². The second kappa shape index (κ2) is 7.28. The topological polar surface area (TPSA) is 60.8 Å². The molecule has 2 aromatic rings. The van der Waals surface area contributed by atoms with Crippen LogP contribution in [0.4, 0.5) is 11.5 Å². The molecule has 1 aromatic heterocycles. The summed E-state index contributed by atoms with van der Waals surface area (Å²) in [5, 5.41) is 4.01. The number of amides is 1. The van der Waals surface area contributed by atoms with Crippen molar-refractivity contribution in [1.82, 2.24) is 10.3 Å². The van der Waals surface area contributed by atoms with E-state index in [0.717, 1.165) is 42.2 Å². The van der Waals surface area contributed by atoms with E-state index in [2.05, 4.69) is 26.3 Å². The van der Waals surface area contributed by atoms with Crippen LogP contribution >= 0.6 is 11.6 Å². The van der Waals surface area contributed by atoms with E-state index in [1.54, 1.807) is 11.1 Å². The Morgan fingerprint density at radius 1 is 1.17 bits per heavy atom. The molecule has 3 aliphatic rings. The van der Waals surface area contributed by atoms with Gasteiger partial charge in [0, 0.05) is 29.7 Å². The highest BCUT2D eigenvalue weighted by atomic mass is 35.5. The Labute approximate surface area is 174 Å². The second-order valence-corrected chi connectivity index (χ2v) is 8.09. The number of carbonyl (C=O) groups is 1. The molecule has 2 atom stereocenters. The Balaban J connectivity index is 1.31. The molecule has 2 unspecified atom stereocenters. The molecule has 0 bridgehead atoms. The number of hydrogen-bond acceptors (Lipinski definition) is 5. The van der Waals surface area contributed by atoms with Gasteiger partial charge in [0.25, 0.3) is 5.91 Å². The molecule has 0 spiro atoms. The van der Waals surface area contributed by atoms with Crippen molar-refractivity contribution in [2.75, 3.05) is 36.5 Å². The van der Waals surface area contributed by atoms with Gasteiger partial charge in [0.15, 0.2) is 0 Å². The first-order chi connectivity index (χ1) is 14.1. The summed E-state index contributed by atoms with van der Waals surface area (Å²) in [5.74, 6) is 0.899. The predicted octanol–water partition coefficient (Wildman–Crippen LogP) is 3.00. The Bertz CT molecular complexity index is 999. The molecule has 3 aliphatic heterocycles. The summed E-state index contributed by atoms with van der Waals surface area (Å²) in [6.45, 7) is 2.49. The van der Waals surface area contributed by atoms with E-state index in [4.69, 9.17) is 11.6 Å². The molecule has 0 saturated carbocycles. The quantitative estimate of drug-likeness (QED) is 0.846. The van der Waals surface area contributed by atoms with Crippen molar-refractivity contribution >= 4 is 34.7 Å². The van der Waals surface area contributed by atoms with Crippen LogP contribution in [0.2, 0.25) is 5.02 Å². The van der Waals surface area contributed by atoms with Gasteiger partial charge in [0.05, 0.1) is 24.5 Å². The van der Waals surface area contributed by atoms with Crippen LogP contribution in [-0.2, 0) is 4.79 Å². The van der Waals surface area contributed by atoms with Crippen molar-refractivity contribution < 1.29 is 4.79 Å². The van der Waals surface area contributed by atoms with Crippen LogP contribution in [0, 0.1) is 0 Å². The number of carbonyl (C=O) groups excluding carboxylic acids is 1. The van der Waals surface area contributed by atoms with E-state index in [-0.39, 0.29) is 11.9 Å². The molecule has 5 rings (SSSR count). The number of benzene rings is 1. The van der Waals surface area contributed by atoms with Gasteiger partial charge in [-0.05, 0) is 49.4 Å². The first kappa shape index (κ1) is 18.3. The van der Waals surface area contributed by atoms with Crippen molar-refractivity contribution in [3.63, 3.8) is 0 Å². The van der Waals surface area contributed by atoms with E-state index < -0.39 is 0 Å². The molecule has 6 nitrogen and oxygen atoms in total. The van der Waals surface area contributed by atoms with Gasteiger partial charge in [-0.2, -0.15) is 0 Å². The number of anilines is 2. The maximum atomic E-state index is 12.9. The molecule has 7 heteroatoms. The number of halogens is 1. The van der Waals surface area contributed by atoms with Crippen molar-refractivity contribution in [2.24, 2.45) is 4.99 Å². The summed E-state index contributed by atoms with van der Waals surface area (Å²) in [7, 11) is 2.00. The van der Waals surface area contributed by atoms with E-state index in [9.17, 15) is 4.79 Å². The highest BCUT2D eigenvalue weighted by Gasteiger charge is 2.37. The fraction of sp³-hybridized carbons (Fsp3) is 0.318. The number of aromatic nitrogens is 1. The number of rotatable bonds is 4. The van der Waals surface area contributed by atoms with Crippen LogP contribution in [0.15, 0.2) is 59.2 Å². The van der Waals surface area contributed by atoms with Gasteiger partial charge in [-0.25, -0.2) is 4.98 Å². The van der Waals surface area contributed by atoms with Crippen molar-refractivity contribution in [1.29, 1.82) is 0 Å². The second-order valence-electron chi connectivity index (χ2n) is 7.65. The third kappa shape index (κ3) is 3.32. The lowest BCUT2D eigenvalue weighted by atomic mass is 10.1. The zero-order valence-electron chi connectivity index (χ0n) is 16.2. The summed E-state index contributed by atoms with van der Waals surface area (Å²) in [5.41, 5.74) is 3.39. The lowest BCUT2D eigenvalue weighted by Crippen LogP contribution is -2.30. The molecule has 0 aliphatic carbocycles. The average Bonchev–Trinajstić information content (AvgIpc) is 3.45. The summed E-state index contributed by atoms with van der Waals surface area (Å²) >= 11 is 5.97. The molecule has 0 radical (unpaired) electrons. The molecule has 2 saturated heterocycles. The zero-order chi connectivity index (χ0) is 20.0. The van der Waals surface area contributed by atoms with Crippen molar-refractivity contribution in [2.45, 2.75) is 18.5 Å². The van der Waals surface area contributed by atoms with Crippen LogP contribution < -0.4 is 15.1 Å². The number of hydrogen-bond donors (Lipinski definition) is 1. The van der Waals surface area contributed by atoms with Gasteiger partial charge in [-0.1, -0.05) is 23.7 Å². The zero-order valence-corrected chi connectivity index (χ0v) is 16.9. The first-order valence-corrected chi connectivity index (χ1v) is 10.2. The van der Waals surface area contributed by atoms with E-state index >= 15 is 0 Å². The minimum atomic E-state index is -0.112. The van der Waals surface area contributed by atoms with Crippen LogP contribution in [0.5, 0.6) is 0 Å². The van der Waals surface area contributed by atoms with Gasteiger partial charge in [0.1, 0.15) is 11.5 Å². The normalized spacial score (nSPS) is 23.4. The monoisotopic (exact) mass is 407 g/mol. The average molecular weight is 408 g/mol. The van der Waals surface area contributed by atoms with E-state index in [0.29, 0.717) is 23.3 Å². The number of nitrogens with one attached hydrogen (secondary N) is 1. The largest absolute Gasteiger partial charge is 0.355 e. The highest BCUT2D eigenvalue weighted by Crippen LogP contribution is 2.34. The third-order valence-corrected chi connectivity index (χ3v) is 6.14. The smallest absolute Gasteiger partial charge is 0.277 e. The molecular weight excluding hydrogens is 386 g/mol. The van der Waals surface area contributed by atoms with Gasteiger partial charge < -0.3 is 15.1 Å². The molecule has 1 amide bonds. The van der Waals surface area contributed by atoms with Gasteiger partial charge in [-0.15, -0.1) is 0 Å². The van der Waals surface area contributed by atoms with Crippen LogP contribution in [0.1, 0.15) is 18.0 Å². The Morgan fingerprint density at radius 2 is 2.00 bits per heavy atom. The molecule has 1 N–H and O–H groups in total. The standard InChI is InChI=1S/C22H22ClN5O/c1-24-17-8-9-27(13-17)20-7-6-18(11-25-20)28-12-15-10-19(26-21(15)22(28)29)14-2-4-16(23)5-3-14/h2-7,10-11,17,19,24H,8-9,12-13H2,1H3. The number of nitrogens with zero attached hydrogens (tertiary/aromatic N) is 4. The first-order valence-electron chi connectivity index (χ1n) is 9.87. The molecule has 2 fully saturated rings. The highest BCUT2D eigenvalue weighted by molar-refractivity contribution is 6.53. The Kier molecular flexibility index (Phi) is 4.60. The molecule has 1 aromatic carbocycles. The number of aliphatic imine (C=N–C) groups is 1. The van der Waals surface area contributed by atoms with Crippen molar-refractivity contribution in [3.05, 3.63) is 64.8 Å². The SMILES string of the molecule is CNC1CCN(c2ccc(N3CC4=CC(c5ccc(Cl)cc5)N=C4C3=O)cn2)C1. The Morgan fingerprint density at radius 3 is 2.66 bits per heavy atom. The third-order valence-electron chi connectivity index (χ3n) is 5.88. The summed E-state index contributed by atoms with van der Waals surface area (Å²) in [6.07, 6.45) is 4.98. The predicted molar refractivity (Wildman–Crippen MR) is 116 cm³/mol. The summed E-state index contributed by atoms with van der Waals surface area (Å²) in [4.78, 5) is 26.2. The fourth-order valence-corrected chi connectivity index (χ4v) is 4.31. The van der Waals surface area contributed by atoms with Crippen LogP contribution in [-0.4, -0.2) is 49.3 Å². The number of likely N-dealkylation sites (N-methyl/N-ethyl adjacent to an activating group) is 1. The fourth-order valence-electron chi connectivity index (χ4n) is 4.19.